The summed E-state index contributed by atoms with van der Waals surface area (Å²) in [5.41, 5.74) is 14.6. The molecule has 82 heavy (non-hydrogen) atoms. The molecule has 12 aromatic rings. The molecule has 6 aromatic carbocycles. The standard InChI is InChI=1S/2C32H24N6O2.2Cu/c2*1-39-25-13-7-21(8-14-25)33-19-23-11-17-29(35-23)31-32(38-28-6-4-3-5-27(28)37-31)30-18-12-24(36-30)20-34-22-9-15-26(40-2)16-10-22;;/h2*3-20H,1-2H3;;/q2*-2;2*+2. The summed E-state index contributed by atoms with van der Waals surface area (Å²) in [7, 11) is 6.55. The van der Waals surface area contributed by atoms with Crippen molar-refractivity contribution in [2.75, 3.05) is 28.4 Å². The second-order valence-corrected chi connectivity index (χ2v) is 17.7. The average Bonchev–Trinajstić information content (AvgIpc) is 4.53. The average molecular weight is 1180 g/mol. The smallest absolute Gasteiger partial charge is 0.655 e. The quantitative estimate of drug-likeness (QED) is 0.0657. The predicted molar refractivity (Wildman–Crippen MR) is 315 cm³/mol. The molecular formula is C64H48Cu2N12O4. The number of methoxy groups -OCH3 is 4. The number of hydrogen-bond donors (Lipinski definition) is 0. The van der Waals surface area contributed by atoms with Gasteiger partial charge in [-0.15, -0.1) is 45.6 Å². The Bertz CT molecular complexity index is 3650. The molecule has 0 aliphatic carbocycles. The van der Waals surface area contributed by atoms with Crippen molar-refractivity contribution in [3.8, 4) is 68.5 Å². The first-order valence-electron chi connectivity index (χ1n) is 25.2. The van der Waals surface area contributed by atoms with Gasteiger partial charge in [0.1, 0.15) is 23.0 Å². The number of para-hydroxylation sites is 4. The van der Waals surface area contributed by atoms with Crippen molar-refractivity contribution in [1.82, 2.24) is 39.9 Å². The van der Waals surface area contributed by atoms with Gasteiger partial charge in [-0.1, -0.05) is 72.8 Å². The number of fused-ring (bicyclic) bond motifs is 2. The summed E-state index contributed by atoms with van der Waals surface area (Å²) >= 11 is 0. The third-order valence-corrected chi connectivity index (χ3v) is 12.4. The zero-order valence-electron chi connectivity index (χ0n) is 44.4. The van der Waals surface area contributed by atoms with Gasteiger partial charge in [-0.3, -0.25) is 20.0 Å². The van der Waals surface area contributed by atoms with E-state index in [0.29, 0.717) is 45.6 Å². The molecule has 0 saturated carbocycles. The van der Waals surface area contributed by atoms with Gasteiger partial charge in [-0.2, -0.15) is 0 Å². The van der Waals surface area contributed by atoms with Crippen molar-refractivity contribution in [3.63, 3.8) is 0 Å². The normalized spacial score (nSPS) is 11.3. The molecule has 12 rings (SSSR count). The molecule has 6 heterocycles. The summed E-state index contributed by atoms with van der Waals surface area (Å²) in [5.74, 6) is 3.13. The van der Waals surface area contributed by atoms with Gasteiger partial charge in [-0.25, -0.2) is 19.9 Å². The molecule has 0 spiro atoms. The predicted octanol–water partition coefficient (Wildman–Crippen LogP) is 12.8. The maximum atomic E-state index is 5.21. The topological polar surface area (TPSA) is 194 Å². The van der Waals surface area contributed by atoms with Crippen LogP contribution in [0.3, 0.4) is 0 Å². The van der Waals surface area contributed by atoms with Crippen molar-refractivity contribution >= 4 is 69.7 Å². The Hall–Kier alpha value is -9.96. The van der Waals surface area contributed by atoms with E-state index in [2.05, 4.69) is 20.0 Å². The second kappa shape index (κ2) is 26.8. The summed E-state index contributed by atoms with van der Waals surface area (Å²) in [6.07, 6.45) is 6.92. The molecule has 2 radical (unpaired) electrons. The van der Waals surface area contributed by atoms with Crippen LogP contribution in [0.2, 0.25) is 0 Å². The molecule has 0 aliphatic heterocycles. The second-order valence-electron chi connectivity index (χ2n) is 17.7. The van der Waals surface area contributed by atoms with E-state index in [4.69, 9.17) is 58.8 Å². The molecule has 0 amide bonds. The van der Waals surface area contributed by atoms with E-state index in [9.17, 15) is 0 Å². The van der Waals surface area contributed by atoms with E-state index < -0.39 is 0 Å². The molecule has 0 bridgehead atoms. The number of rotatable bonds is 16. The largest absolute Gasteiger partial charge is 2.00 e. The Kier molecular flexibility index (Phi) is 18.5. The summed E-state index contributed by atoms with van der Waals surface area (Å²) in [5, 5.41) is 0. The van der Waals surface area contributed by atoms with Gasteiger partial charge in [0, 0.05) is 24.9 Å². The molecule has 18 heteroatoms. The number of ether oxygens (including phenoxy) is 4. The van der Waals surface area contributed by atoms with Crippen LogP contribution in [-0.2, 0) is 34.1 Å². The summed E-state index contributed by atoms with van der Waals surface area (Å²) in [4.78, 5) is 56.9. The maximum absolute atomic E-state index is 5.21. The third-order valence-electron chi connectivity index (χ3n) is 12.4. The SMILES string of the molecule is COc1ccc(N=Cc2ccc(-c3nc4ccccc4nc3-c3ccc(C=Nc4ccc(OC)cc4)[n-]3)[n-]2)cc1.COc1ccc(N=Cc2ccc(-c3nc4ccccc4nc3-c3ccc(C=Nc4ccc(OC)cc4)[n-]3)[n-]2)cc1.[Cu+2].[Cu+2]. The zero-order valence-corrected chi connectivity index (χ0v) is 46.3. The Balaban J connectivity index is 0.000000193. The van der Waals surface area contributed by atoms with Gasteiger partial charge < -0.3 is 38.9 Å². The van der Waals surface area contributed by atoms with Crippen molar-refractivity contribution in [3.05, 3.63) is 217 Å². The van der Waals surface area contributed by atoms with Crippen LogP contribution in [0.5, 0.6) is 23.0 Å². The van der Waals surface area contributed by atoms with Crippen molar-refractivity contribution in [2.45, 2.75) is 0 Å². The number of benzene rings is 6. The van der Waals surface area contributed by atoms with Crippen LogP contribution < -0.4 is 38.9 Å². The molecule has 6 aromatic heterocycles. The van der Waals surface area contributed by atoms with Crippen LogP contribution in [0.15, 0.2) is 214 Å². The minimum absolute atomic E-state index is 0. The maximum Gasteiger partial charge on any atom is 2.00 e. The van der Waals surface area contributed by atoms with E-state index in [1.807, 2.05) is 194 Å². The summed E-state index contributed by atoms with van der Waals surface area (Å²) < 4.78 is 20.8. The Morgan fingerprint density at radius 3 is 0.683 bits per heavy atom. The minimum atomic E-state index is 0. The summed E-state index contributed by atoms with van der Waals surface area (Å²) in [6, 6.07) is 61.0. The molecule has 0 fully saturated rings. The fourth-order valence-electron chi connectivity index (χ4n) is 8.28. The van der Waals surface area contributed by atoms with Crippen LogP contribution in [0.4, 0.5) is 22.7 Å². The van der Waals surface area contributed by atoms with Gasteiger partial charge in [0.05, 0.1) is 96.0 Å². The van der Waals surface area contributed by atoms with Crippen molar-refractivity contribution in [1.29, 1.82) is 0 Å². The van der Waals surface area contributed by atoms with Crippen LogP contribution >= 0.6 is 0 Å². The van der Waals surface area contributed by atoms with Gasteiger partial charge in [-0.05, 0) is 121 Å². The Morgan fingerprint density at radius 1 is 0.280 bits per heavy atom. The number of nitrogens with zero attached hydrogens (tertiary/aromatic N) is 12. The Morgan fingerprint density at radius 2 is 0.488 bits per heavy atom. The van der Waals surface area contributed by atoms with Gasteiger partial charge >= 0.3 is 34.1 Å². The first-order valence-corrected chi connectivity index (χ1v) is 25.2. The Labute approximate surface area is 493 Å². The van der Waals surface area contributed by atoms with E-state index in [0.717, 1.165) is 90.6 Å². The third kappa shape index (κ3) is 13.7. The molecule has 0 aliphatic rings. The van der Waals surface area contributed by atoms with Crippen LogP contribution in [0, 0.1) is 0 Å². The van der Waals surface area contributed by atoms with Crippen LogP contribution in [0.25, 0.3) is 67.6 Å². The fraction of sp³-hybridized carbons (Fsp3) is 0.0625. The first-order chi connectivity index (χ1) is 39.4. The van der Waals surface area contributed by atoms with Crippen molar-refractivity contribution < 1.29 is 53.1 Å². The zero-order chi connectivity index (χ0) is 54.6. The van der Waals surface area contributed by atoms with E-state index in [-0.39, 0.29) is 34.1 Å². The van der Waals surface area contributed by atoms with Gasteiger partial charge in [0.25, 0.3) is 0 Å². The molecule has 0 atom stereocenters. The molecule has 410 valence electrons. The minimum Gasteiger partial charge on any atom is -0.655 e. The van der Waals surface area contributed by atoms with Crippen LogP contribution in [0.1, 0.15) is 22.8 Å². The molecule has 16 nitrogen and oxygen atoms in total. The molecule has 0 unspecified atom stereocenters. The monoisotopic (exact) mass is 1170 g/mol. The van der Waals surface area contributed by atoms with Gasteiger partial charge in [0.2, 0.25) is 0 Å². The summed E-state index contributed by atoms with van der Waals surface area (Å²) in [6.45, 7) is 0. The van der Waals surface area contributed by atoms with Crippen LogP contribution in [-0.4, -0.2) is 73.2 Å². The van der Waals surface area contributed by atoms with E-state index in [1.54, 1.807) is 53.3 Å². The van der Waals surface area contributed by atoms with E-state index >= 15 is 0 Å². The van der Waals surface area contributed by atoms with E-state index in [1.165, 1.54) is 0 Å². The van der Waals surface area contributed by atoms with Gasteiger partial charge in [0.15, 0.2) is 0 Å². The number of hydrogen-bond acceptors (Lipinski definition) is 12. The molecular weight excluding hydrogens is 1130 g/mol. The fourth-order valence-corrected chi connectivity index (χ4v) is 8.28. The van der Waals surface area contributed by atoms with Crippen molar-refractivity contribution in [2.24, 2.45) is 20.0 Å². The molecule has 0 saturated heterocycles. The molecule has 0 N–H and O–H groups in total. The number of aromatic nitrogens is 8. The first kappa shape index (κ1) is 56.7. The number of aliphatic imine (C=N–C) groups is 4.